The van der Waals surface area contributed by atoms with Crippen molar-refractivity contribution >= 4 is 11.0 Å². The van der Waals surface area contributed by atoms with Gasteiger partial charge in [0, 0.05) is 35.9 Å². The lowest BCUT2D eigenvalue weighted by atomic mass is 10.1. The summed E-state index contributed by atoms with van der Waals surface area (Å²) in [5, 5.41) is 4.65. The van der Waals surface area contributed by atoms with Gasteiger partial charge in [-0.25, -0.2) is 0 Å². The molecule has 0 saturated heterocycles. The molecule has 3 nitrogen and oxygen atoms in total. The normalized spacial score (nSPS) is 11.1. The summed E-state index contributed by atoms with van der Waals surface area (Å²) in [6.45, 7) is 5.63. The summed E-state index contributed by atoms with van der Waals surface area (Å²) >= 11 is 0. The third-order valence-corrected chi connectivity index (χ3v) is 3.50. The summed E-state index contributed by atoms with van der Waals surface area (Å²) in [4.78, 5) is 4.30. The van der Waals surface area contributed by atoms with E-state index >= 15 is 0 Å². The maximum atomic E-state index is 5.77. The van der Waals surface area contributed by atoms with Gasteiger partial charge in [0.05, 0.1) is 0 Å². The van der Waals surface area contributed by atoms with Crippen LogP contribution >= 0.6 is 0 Å². The minimum absolute atomic E-state index is 0.802. The summed E-state index contributed by atoms with van der Waals surface area (Å²) < 4.78 is 5.77. The van der Waals surface area contributed by atoms with Gasteiger partial charge in [0.2, 0.25) is 0 Å². The second kappa shape index (κ2) is 5.47. The van der Waals surface area contributed by atoms with Crippen molar-refractivity contribution in [1.29, 1.82) is 0 Å². The molecule has 0 spiro atoms. The minimum atomic E-state index is 0.802. The number of aryl methyl sites for hydroxylation is 2. The van der Waals surface area contributed by atoms with E-state index in [0.29, 0.717) is 0 Å². The van der Waals surface area contributed by atoms with E-state index in [1.54, 1.807) is 0 Å². The van der Waals surface area contributed by atoms with E-state index < -0.39 is 0 Å². The van der Waals surface area contributed by atoms with E-state index in [1.807, 2.05) is 44.3 Å². The first kappa shape index (κ1) is 12.9. The zero-order valence-corrected chi connectivity index (χ0v) is 11.8. The average Bonchev–Trinajstić information content (AvgIpc) is 2.77. The molecule has 2 aromatic heterocycles. The standard InChI is InChI=1S/C17H18N2O/c1-12-7-8-14(10-19-12)9-18-11-16-13(2)20-17-6-4-3-5-15(16)17/h3-8,10,18H,9,11H2,1-2H3. The molecule has 0 saturated carbocycles. The predicted molar refractivity (Wildman–Crippen MR) is 80.5 cm³/mol. The molecular weight excluding hydrogens is 248 g/mol. The maximum absolute atomic E-state index is 5.77. The Bertz CT molecular complexity index is 713. The topological polar surface area (TPSA) is 38.1 Å². The SMILES string of the molecule is Cc1ccc(CNCc2c(C)oc3ccccc23)cn1. The van der Waals surface area contributed by atoms with Crippen LogP contribution in [0.5, 0.6) is 0 Å². The Kier molecular flexibility index (Phi) is 3.52. The van der Waals surface area contributed by atoms with E-state index in [2.05, 4.69) is 22.4 Å². The molecule has 0 aliphatic carbocycles. The third-order valence-electron chi connectivity index (χ3n) is 3.50. The van der Waals surface area contributed by atoms with Gasteiger partial charge in [0.15, 0.2) is 0 Å². The van der Waals surface area contributed by atoms with Gasteiger partial charge in [-0.1, -0.05) is 24.3 Å². The van der Waals surface area contributed by atoms with Crippen molar-refractivity contribution < 1.29 is 4.42 Å². The highest BCUT2D eigenvalue weighted by atomic mass is 16.3. The summed E-state index contributed by atoms with van der Waals surface area (Å²) in [5.41, 5.74) is 4.44. The highest BCUT2D eigenvalue weighted by Crippen LogP contribution is 2.24. The lowest BCUT2D eigenvalue weighted by Gasteiger charge is -2.05. The number of pyridine rings is 1. The lowest BCUT2D eigenvalue weighted by molar-refractivity contribution is 0.565. The van der Waals surface area contributed by atoms with E-state index in [9.17, 15) is 0 Å². The zero-order chi connectivity index (χ0) is 13.9. The molecule has 0 radical (unpaired) electrons. The van der Waals surface area contributed by atoms with Crippen LogP contribution in [0.4, 0.5) is 0 Å². The van der Waals surface area contributed by atoms with Gasteiger partial charge < -0.3 is 9.73 Å². The van der Waals surface area contributed by atoms with Gasteiger partial charge >= 0.3 is 0 Å². The van der Waals surface area contributed by atoms with Crippen molar-refractivity contribution in [2.75, 3.05) is 0 Å². The second-order valence-electron chi connectivity index (χ2n) is 5.04. The number of fused-ring (bicyclic) bond motifs is 1. The van der Waals surface area contributed by atoms with Crippen molar-refractivity contribution in [3.63, 3.8) is 0 Å². The predicted octanol–water partition coefficient (Wildman–Crippen LogP) is 3.73. The molecule has 0 aliphatic heterocycles. The van der Waals surface area contributed by atoms with Crippen LogP contribution in [0.25, 0.3) is 11.0 Å². The molecule has 0 amide bonds. The van der Waals surface area contributed by atoms with Crippen LogP contribution in [0.3, 0.4) is 0 Å². The first-order chi connectivity index (χ1) is 9.74. The molecule has 102 valence electrons. The molecule has 3 rings (SSSR count). The number of hydrogen-bond acceptors (Lipinski definition) is 3. The number of rotatable bonds is 4. The van der Waals surface area contributed by atoms with E-state index in [1.165, 1.54) is 16.5 Å². The Labute approximate surface area is 118 Å². The third kappa shape index (κ3) is 2.58. The van der Waals surface area contributed by atoms with E-state index in [0.717, 1.165) is 30.1 Å². The van der Waals surface area contributed by atoms with Crippen molar-refractivity contribution in [1.82, 2.24) is 10.3 Å². The smallest absolute Gasteiger partial charge is 0.134 e. The molecule has 0 fully saturated rings. The Morgan fingerprint density at radius 3 is 2.70 bits per heavy atom. The quantitative estimate of drug-likeness (QED) is 0.782. The van der Waals surface area contributed by atoms with Gasteiger partial charge in [0.25, 0.3) is 0 Å². The number of aromatic nitrogens is 1. The zero-order valence-electron chi connectivity index (χ0n) is 11.8. The molecule has 1 N–H and O–H groups in total. The number of nitrogens with zero attached hydrogens (tertiary/aromatic N) is 1. The van der Waals surface area contributed by atoms with Gasteiger partial charge in [-0.3, -0.25) is 4.98 Å². The summed E-state index contributed by atoms with van der Waals surface area (Å²) in [6, 6.07) is 12.3. The molecule has 1 aromatic carbocycles. The van der Waals surface area contributed by atoms with Crippen LogP contribution in [-0.2, 0) is 13.1 Å². The Hall–Kier alpha value is -2.13. The molecule has 3 heteroatoms. The Morgan fingerprint density at radius 1 is 1.05 bits per heavy atom. The number of benzene rings is 1. The number of nitrogens with one attached hydrogen (secondary N) is 1. The minimum Gasteiger partial charge on any atom is -0.461 e. The highest BCUT2D eigenvalue weighted by Gasteiger charge is 2.09. The fourth-order valence-corrected chi connectivity index (χ4v) is 2.38. The monoisotopic (exact) mass is 266 g/mol. The van der Waals surface area contributed by atoms with Crippen LogP contribution < -0.4 is 5.32 Å². The van der Waals surface area contributed by atoms with Crippen LogP contribution in [0.15, 0.2) is 47.0 Å². The first-order valence-electron chi connectivity index (χ1n) is 6.83. The molecule has 0 atom stereocenters. The molecule has 3 aromatic rings. The first-order valence-corrected chi connectivity index (χ1v) is 6.83. The molecule has 20 heavy (non-hydrogen) atoms. The molecule has 2 heterocycles. The Morgan fingerprint density at radius 2 is 1.90 bits per heavy atom. The molecule has 0 aliphatic rings. The van der Waals surface area contributed by atoms with Crippen molar-refractivity contribution in [2.45, 2.75) is 26.9 Å². The van der Waals surface area contributed by atoms with Crippen LogP contribution in [0, 0.1) is 13.8 Å². The lowest BCUT2D eigenvalue weighted by Crippen LogP contribution is -2.13. The van der Waals surface area contributed by atoms with Crippen molar-refractivity contribution in [3.05, 3.63) is 65.2 Å². The van der Waals surface area contributed by atoms with Crippen molar-refractivity contribution in [3.8, 4) is 0 Å². The van der Waals surface area contributed by atoms with E-state index in [-0.39, 0.29) is 0 Å². The van der Waals surface area contributed by atoms with Gasteiger partial charge in [-0.05, 0) is 31.5 Å². The summed E-state index contributed by atoms with van der Waals surface area (Å²) in [6.07, 6.45) is 1.92. The summed E-state index contributed by atoms with van der Waals surface area (Å²) in [7, 11) is 0. The fourth-order valence-electron chi connectivity index (χ4n) is 2.38. The second-order valence-corrected chi connectivity index (χ2v) is 5.04. The molecule has 0 unspecified atom stereocenters. The number of para-hydroxylation sites is 1. The largest absolute Gasteiger partial charge is 0.461 e. The molecule has 0 bridgehead atoms. The van der Waals surface area contributed by atoms with E-state index in [4.69, 9.17) is 4.42 Å². The van der Waals surface area contributed by atoms with Gasteiger partial charge in [-0.2, -0.15) is 0 Å². The van der Waals surface area contributed by atoms with Crippen LogP contribution in [0.1, 0.15) is 22.6 Å². The highest BCUT2D eigenvalue weighted by molar-refractivity contribution is 5.82. The van der Waals surface area contributed by atoms with Gasteiger partial charge in [0.1, 0.15) is 11.3 Å². The fraction of sp³-hybridized carbons (Fsp3) is 0.235. The van der Waals surface area contributed by atoms with Gasteiger partial charge in [-0.15, -0.1) is 0 Å². The van der Waals surface area contributed by atoms with Crippen molar-refractivity contribution in [2.24, 2.45) is 0 Å². The number of furan rings is 1. The Balaban J connectivity index is 1.71. The maximum Gasteiger partial charge on any atom is 0.134 e. The van der Waals surface area contributed by atoms with Crippen LogP contribution in [0.2, 0.25) is 0 Å². The average molecular weight is 266 g/mol. The van der Waals surface area contributed by atoms with Crippen LogP contribution in [-0.4, -0.2) is 4.98 Å². The number of hydrogen-bond donors (Lipinski definition) is 1. The summed E-state index contributed by atoms with van der Waals surface area (Å²) in [5.74, 6) is 0.987. The molecular formula is C17H18N2O.